The van der Waals surface area contributed by atoms with Crippen LogP contribution in [0.1, 0.15) is 30.1 Å². The molecule has 1 aromatic carbocycles. The summed E-state index contributed by atoms with van der Waals surface area (Å²) in [6.07, 6.45) is 1.99. The fourth-order valence-electron chi connectivity index (χ4n) is 1.68. The Bertz CT molecular complexity index is 524. The molecular formula is C14H19N3O3. The van der Waals surface area contributed by atoms with Gasteiger partial charge in [-0.25, -0.2) is 0 Å². The predicted molar refractivity (Wildman–Crippen MR) is 75.8 cm³/mol. The first-order valence-corrected chi connectivity index (χ1v) is 6.56. The van der Waals surface area contributed by atoms with Gasteiger partial charge in [-0.15, -0.1) is 0 Å². The summed E-state index contributed by atoms with van der Waals surface area (Å²) in [6.45, 7) is 1.59. The summed E-state index contributed by atoms with van der Waals surface area (Å²) in [4.78, 5) is 23.9. The van der Waals surface area contributed by atoms with Gasteiger partial charge in [-0.1, -0.05) is 0 Å². The number of benzene rings is 1. The smallest absolute Gasteiger partial charge is 0.253 e. The molecule has 0 saturated heterocycles. The summed E-state index contributed by atoms with van der Waals surface area (Å²) in [5, 5.41) is 5.54. The van der Waals surface area contributed by atoms with E-state index in [-0.39, 0.29) is 17.9 Å². The predicted octanol–water partition coefficient (Wildman–Crippen LogP) is 0.873. The van der Waals surface area contributed by atoms with Crippen molar-refractivity contribution >= 4 is 17.5 Å². The van der Waals surface area contributed by atoms with Crippen LogP contribution in [0.5, 0.6) is 5.75 Å². The Kier molecular flexibility index (Phi) is 4.24. The first kappa shape index (κ1) is 14.3. The Labute approximate surface area is 117 Å². The van der Waals surface area contributed by atoms with Crippen LogP contribution < -0.4 is 21.1 Å². The van der Waals surface area contributed by atoms with E-state index < -0.39 is 6.04 Å². The molecule has 1 fully saturated rings. The van der Waals surface area contributed by atoms with Gasteiger partial charge in [0.15, 0.2) is 0 Å². The third-order valence-electron chi connectivity index (χ3n) is 3.06. The monoisotopic (exact) mass is 277 g/mol. The molecule has 1 aromatic rings. The number of anilines is 1. The molecule has 1 aliphatic carbocycles. The van der Waals surface area contributed by atoms with E-state index in [2.05, 4.69) is 10.6 Å². The number of hydrogen-bond donors (Lipinski definition) is 3. The van der Waals surface area contributed by atoms with E-state index in [1.54, 1.807) is 25.1 Å². The summed E-state index contributed by atoms with van der Waals surface area (Å²) < 4.78 is 5.12. The number of methoxy groups -OCH3 is 1. The molecule has 2 amide bonds. The SMILES string of the molecule is COc1ccc(NC(=O)[C@H](C)N)c(C(=O)NC2CC2)c1. The van der Waals surface area contributed by atoms with Crippen molar-refractivity contribution in [2.45, 2.75) is 31.8 Å². The van der Waals surface area contributed by atoms with Crippen LogP contribution in [0.3, 0.4) is 0 Å². The van der Waals surface area contributed by atoms with Crippen LogP contribution in [0.2, 0.25) is 0 Å². The quantitative estimate of drug-likeness (QED) is 0.744. The molecule has 108 valence electrons. The lowest BCUT2D eigenvalue weighted by atomic mass is 10.1. The Morgan fingerprint density at radius 3 is 2.65 bits per heavy atom. The van der Waals surface area contributed by atoms with Gasteiger partial charge in [0, 0.05) is 6.04 Å². The van der Waals surface area contributed by atoms with Crippen molar-refractivity contribution < 1.29 is 14.3 Å². The van der Waals surface area contributed by atoms with Crippen LogP contribution in [0.15, 0.2) is 18.2 Å². The summed E-state index contributed by atoms with van der Waals surface area (Å²) in [5.74, 6) is 0.00626. The highest BCUT2D eigenvalue weighted by atomic mass is 16.5. The lowest BCUT2D eigenvalue weighted by Gasteiger charge is -2.14. The van der Waals surface area contributed by atoms with Gasteiger partial charge in [-0.3, -0.25) is 9.59 Å². The summed E-state index contributed by atoms with van der Waals surface area (Å²) in [6, 6.07) is 4.53. The molecule has 4 N–H and O–H groups in total. The zero-order chi connectivity index (χ0) is 14.7. The number of hydrogen-bond acceptors (Lipinski definition) is 4. The van der Waals surface area contributed by atoms with Gasteiger partial charge >= 0.3 is 0 Å². The van der Waals surface area contributed by atoms with E-state index in [1.165, 1.54) is 7.11 Å². The van der Waals surface area contributed by atoms with Crippen LogP contribution >= 0.6 is 0 Å². The highest BCUT2D eigenvalue weighted by Gasteiger charge is 2.25. The normalized spacial score (nSPS) is 15.3. The van der Waals surface area contributed by atoms with Crippen LogP contribution in [0.25, 0.3) is 0 Å². The fraction of sp³-hybridized carbons (Fsp3) is 0.429. The molecule has 1 atom stereocenters. The molecule has 6 heteroatoms. The zero-order valence-corrected chi connectivity index (χ0v) is 11.6. The second kappa shape index (κ2) is 5.92. The average molecular weight is 277 g/mol. The van der Waals surface area contributed by atoms with E-state index >= 15 is 0 Å². The molecule has 0 aromatic heterocycles. The number of carbonyl (C=O) groups excluding carboxylic acids is 2. The Hall–Kier alpha value is -2.08. The van der Waals surface area contributed by atoms with Crippen molar-refractivity contribution in [2.24, 2.45) is 5.73 Å². The van der Waals surface area contributed by atoms with Gasteiger partial charge in [0.25, 0.3) is 5.91 Å². The van der Waals surface area contributed by atoms with Crippen LogP contribution in [-0.2, 0) is 4.79 Å². The third-order valence-corrected chi connectivity index (χ3v) is 3.06. The second-order valence-corrected chi connectivity index (χ2v) is 4.94. The number of carbonyl (C=O) groups is 2. The molecule has 1 aliphatic rings. The average Bonchev–Trinajstić information content (AvgIpc) is 3.22. The minimum Gasteiger partial charge on any atom is -0.497 e. The first-order chi connectivity index (χ1) is 9.51. The maximum Gasteiger partial charge on any atom is 0.253 e. The van der Waals surface area contributed by atoms with Crippen molar-refractivity contribution in [3.05, 3.63) is 23.8 Å². The van der Waals surface area contributed by atoms with Crippen molar-refractivity contribution in [1.82, 2.24) is 5.32 Å². The number of amides is 2. The molecule has 0 unspecified atom stereocenters. The highest BCUT2D eigenvalue weighted by molar-refractivity contribution is 6.05. The fourth-order valence-corrected chi connectivity index (χ4v) is 1.68. The number of rotatable bonds is 5. The Morgan fingerprint density at radius 1 is 1.40 bits per heavy atom. The van der Waals surface area contributed by atoms with Crippen LogP contribution in [-0.4, -0.2) is 31.0 Å². The Balaban J connectivity index is 2.24. The molecule has 0 radical (unpaired) electrons. The van der Waals surface area contributed by atoms with E-state index in [4.69, 9.17) is 10.5 Å². The van der Waals surface area contributed by atoms with Crippen molar-refractivity contribution in [3.63, 3.8) is 0 Å². The van der Waals surface area contributed by atoms with Crippen molar-refractivity contribution in [2.75, 3.05) is 12.4 Å². The molecule has 6 nitrogen and oxygen atoms in total. The van der Waals surface area contributed by atoms with Crippen LogP contribution in [0.4, 0.5) is 5.69 Å². The maximum absolute atomic E-state index is 12.2. The lowest BCUT2D eigenvalue weighted by molar-refractivity contribution is -0.117. The first-order valence-electron chi connectivity index (χ1n) is 6.56. The second-order valence-electron chi connectivity index (χ2n) is 4.94. The standard InChI is InChI=1S/C14H19N3O3/c1-8(15)13(18)17-12-6-5-10(20-2)7-11(12)14(19)16-9-3-4-9/h5-9H,3-4,15H2,1-2H3,(H,16,19)(H,17,18)/t8-/m0/s1. The van der Waals surface area contributed by atoms with Crippen molar-refractivity contribution in [1.29, 1.82) is 0 Å². The van der Waals surface area contributed by atoms with Gasteiger partial charge < -0.3 is 21.1 Å². The third kappa shape index (κ3) is 3.48. The Morgan fingerprint density at radius 2 is 2.10 bits per heavy atom. The molecule has 20 heavy (non-hydrogen) atoms. The van der Waals surface area contributed by atoms with Gasteiger partial charge in [0.05, 0.1) is 24.4 Å². The summed E-state index contributed by atoms with van der Waals surface area (Å²) >= 11 is 0. The maximum atomic E-state index is 12.2. The largest absolute Gasteiger partial charge is 0.497 e. The molecule has 0 bridgehead atoms. The van der Waals surface area contributed by atoms with Gasteiger partial charge in [-0.2, -0.15) is 0 Å². The van der Waals surface area contributed by atoms with Gasteiger partial charge in [0.2, 0.25) is 5.91 Å². The van der Waals surface area contributed by atoms with E-state index in [0.29, 0.717) is 17.0 Å². The molecular weight excluding hydrogens is 258 g/mol. The van der Waals surface area contributed by atoms with E-state index in [0.717, 1.165) is 12.8 Å². The van der Waals surface area contributed by atoms with Gasteiger partial charge in [-0.05, 0) is 38.0 Å². The van der Waals surface area contributed by atoms with E-state index in [9.17, 15) is 9.59 Å². The lowest BCUT2D eigenvalue weighted by Crippen LogP contribution is -2.34. The minimum absolute atomic E-state index is 0.216. The molecule has 0 heterocycles. The molecule has 0 aliphatic heterocycles. The topological polar surface area (TPSA) is 93.4 Å². The van der Waals surface area contributed by atoms with E-state index in [1.807, 2.05) is 0 Å². The number of nitrogens with two attached hydrogens (primary N) is 1. The summed E-state index contributed by atoms with van der Waals surface area (Å²) in [5.41, 5.74) is 6.34. The molecule has 1 saturated carbocycles. The summed E-state index contributed by atoms with van der Waals surface area (Å²) in [7, 11) is 1.53. The zero-order valence-electron chi connectivity index (χ0n) is 11.6. The highest BCUT2D eigenvalue weighted by Crippen LogP contribution is 2.25. The molecule has 0 spiro atoms. The number of nitrogens with one attached hydrogen (secondary N) is 2. The van der Waals surface area contributed by atoms with Gasteiger partial charge in [0.1, 0.15) is 5.75 Å². The molecule has 2 rings (SSSR count). The minimum atomic E-state index is -0.642. The van der Waals surface area contributed by atoms with Crippen LogP contribution in [0, 0.1) is 0 Å². The van der Waals surface area contributed by atoms with Crippen molar-refractivity contribution in [3.8, 4) is 5.75 Å². The number of ether oxygens (including phenoxy) is 1.